The number of halogens is 2. The van der Waals surface area contributed by atoms with Crippen molar-refractivity contribution in [3.8, 4) is 5.75 Å². The van der Waals surface area contributed by atoms with Crippen LogP contribution >= 0.6 is 0 Å². The fraction of sp³-hybridized carbons (Fsp3) is 0.222. The summed E-state index contributed by atoms with van der Waals surface area (Å²) in [5.74, 6) is -1.68. The van der Waals surface area contributed by atoms with E-state index in [0.29, 0.717) is 43.9 Å². The first-order valence-corrected chi connectivity index (χ1v) is 11.9. The number of urea groups is 1. The summed E-state index contributed by atoms with van der Waals surface area (Å²) < 4.78 is 34.5. The third-order valence-electron chi connectivity index (χ3n) is 6.23. The molecule has 1 aliphatic heterocycles. The lowest BCUT2D eigenvalue weighted by Crippen LogP contribution is -2.41. The minimum absolute atomic E-state index is 0.0801. The van der Waals surface area contributed by atoms with Crippen molar-refractivity contribution in [3.05, 3.63) is 95.9 Å². The molecule has 2 N–H and O–H groups in total. The number of nitrogens with one attached hydrogen (secondary N) is 2. The van der Waals surface area contributed by atoms with Crippen LogP contribution in [0.15, 0.2) is 73.2 Å². The number of pyridine rings is 1. The van der Waals surface area contributed by atoms with Crippen molar-refractivity contribution >= 4 is 23.3 Å². The topological polar surface area (TPSA) is 88.0 Å². The van der Waals surface area contributed by atoms with Gasteiger partial charge in [0, 0.05) is 62.3 Å². The van der Waals surface area contributed by atoms with Crippen LogP contribution in [0, 0.1) is 11.6 Å². The highest BCUT2D eigenvalue weighted by Gasteiger charge is 2.25. The van der Waals surface area contributed by atoms with Crippen molar-refractivity contribution in [1.82, 2.24) is 19.6 Å². The molecule has 0 unspecified atom stereocenters. The number of carbonyl (C=O) groups is 2. The minimum Gasteiger partial charge on any atom is -0.490 e. The quantitative estimate of drug-likeness (QED) is 0.400. The van der Waals surface area contributed by atoms with Crippen LogP contribution in [0.25, 0.3) is 5.65 Å². The van der Waals surface area contributed by atoms with E-state index in [1.54, 1.807) is 35.4 Å². The number of rotatable bonds is 6. The molecule has 0 atom stereocenters. The number of fused-ring (bicyclic) bond motifs is 1. The molecule has 1 fully saturated rings. The summed E-state index contributed by atoms with van der Waals surface area (Å²) >= 11 is 0. The zero-order valence-electron chi connectivity index (χ0n) is 19.9. The van der Waals surface area contributed by atoms with Gasteiger partial charge in [-0.15, -0.1) is 0 Å². The Balaban J connectivity index is 1.07. The van der Waals surface area contributed by atoms with E-state index < -0.39 is 11.6 Å². The van der Waals surface area contributed by atoms with E-state index in [1.165, 1.54) is 6.07 Å². The average Bonchev–Trinajstić information content (AvgIpc) is 3.38. The highest BCUT2D eigenvalue weighted by molar-refractivity contribution is 5.94. The summed E-state index contributed by atoms with van der Waals surface area (Å²) in [6.45, 7) is 1.28. The van der Waals surface area contributed by atoms with Gasteiger partial charge < -0.3 is 24.7 Å². The van der Waals surface area contributed by atoms with Crippen LogP contribution in [-0.4, -0.2) is 45.4 Å². The van der Waals surface area contributed by atoms with E-state index in [0.717, 1.165) is 23.3 Å². The van der Waals surface area contributed by atoms with Gasteiger partial charge in [0.25, 0.3) is 5.91 Å². The number of anilines is 1. The van der Waals surface area contributed by atoms with Crippen molar-refractivity contribution in [1.29, 1.82) is 0 Å². The van der Waals surface area contributed by atoms with Gasteiger partial charge in [-0.1, -0.05) is 0 Å². The van der Waals surface area contributed by atoms with Crippen LogP contribution < -0.4 is 15.4 Å². The largest absolute Gasteiger partial charge is 0.490 e. The van der Waals surface area contributed by atoms with Crippen molar-refractivity contribution in [2.45, 2.75) is 25.5 Å². The number of nitrogens with zero attached hydrogens (tertiary/aromatic N) is 3. The fourth-order valence-corrected chi connectivity index (χ4v) is 4.22. The number of hydrogen-bond acceptors (Lipinski definition) is 4. The number of piperidine rings is 1. The Kier molecular flexibility index (Phi) is 6.98. The third-order valence-corrected chi connectivity index (χ3v) is 6.23. The van der Waals surface area contributed by atoms with Crippen LogP contribution in [0.3, 0.4) is 0 Å². The summed E-state index contributed by atoms with van der Waals surface area (Å²) in [5, 5.41) is 5.62. The molecule has 0 bridgehead atoms. The molecular weight excluding hydrogens is 480 g/mol. The first kappa shape index (κ1) is 24.2. The Hall–Kier alpha value is -4.47. The number of carbonyl (C=O) groups excluding carboxylic acids is 2. The Morgan fingerprint density at radius 3 is 2.51 bits per heavy atom. The van der Waals surface area contributed by atoms with Crippen LogP contribution in [0.5, 0.6) is 5.75 Å². The van der Waals surface area contributed by atoms with Gasteiger partial charge in [0.15, 0.2) is 11.6 Å². The Morgan fingerprint density at radius 2 is 1.76 bits per heavy atom. The van der Waals surface area contributed by atoms with Crippen LogP contribution in [0.4, 0.5) is 19.3 Å². The number of imidazole rings is 1. The molecule has 37 heavy (non-hydrogen) atoms. The molecule has 0 saturated carbocycles. The second-order valence-corrected chi connectivity index (χ2v) is 8.80. The van der Waals surface area contributed by atoms with Gasteiger partial charge in [0.05, 0.1) is 0 Å². The van der Waals surface area contributed by atoms with Gasteiger partial charge in [-0.3, -0.25) is 4.79 Å². The molecule has 3 heterocycles. The standard InChI is InChI=1S/C27H25F2N5O3/c28-23-6-1-19(16-24(23)29)26(35)34-12-8-22(9-13-34)37-21-4-2-20(3-5-21)32-27(36)31-17-18-7-11-33-14-10-30-25(33)15-18/h1-7,10-11,14-16,22H,8-9,12-13,17H2,(H2,31,32,36). The molecule has 190 valence electrons. The molecule has 0 radical (unpaired) electrons. The van der Waals surface area contributed by atoms with Crippen molar-refractivity contribution in [2.75, 3.05) is 18.4 Å². The molecule has 3 amide bonds. The Labute approximate surface area is 211 Å². The van der Waals surface area contributed by atoms with E-state index in [2.05, 4.69) is 15.6 Å². The van der Waals surface area contributed by atoms with E-state index in [4.69, 9.17) is 4.74 Å². The summed E-state index contributed by atoms with van der Waals surface area (Å²) in [6.07, 6.45) is 6.62. The zero-order valence-corrected chi connectivity index (χ0v) is 19.9. The van der Waals surface area contributed by atoms with Gasteiger partial charge in [-0.2, -0.15) is 0 Å². The van der Waals surface area contributed by atoms with Gasteiger partial charge in [-0.05, 0) is 60.2 Å². The van der Waals surface area contributed by atoms with Crippen LogP contribution in [-0.2, 0) is 6.54 Å². The summed E-state index contributed by atoms with van der Waals surface area (Å²) in [7, 11) is 0. The number of ether oxygens (including phenoxy) is 1. The molecule has 0 spiro atoms. The fourth-order valence-electron chi connectivity index (χ4n) is 4.22. The van der Waals surface area contributed by atoms with Gasteiger partial charge in [0.1, 0.15) is 17.5 Å². The predicted molar refractivity (Wildman–Crippen MR) is 133 cm³/mol. The first-order chi connectivity index (χ1) is 17.9. The van der Waals surface area contributed by atoms with Gasteiger partial charge in [0.2, 0.25) is 0 Å². The first-order valence-electron chi connectivity index (χ1n) is 11.9. The number of benzene rings is 2. The molecule has 1 aliphatic rings. The lowest BCUT2D eigenvalue weighted by molar-refractivity contribution is 0.0595. The van der Waals surface area contributed by atoms with E-state index in [1.807, 2.05) is 28.9 Å². The lowest BCUT2D eigenvalue weighted by atomic mass is 10.1. The second kappa shape index (κ2) is 10.7. The highest BCUT2D eigenvalue weighted by atomic mass is 19.2. The Morgan fingerprint density at radius 1 is 0.973 bits per heavy atom. The Bertz CT molecular complexity index is 1420. The number of hydrogen-bond donors (Lipinski definition) is 2. The van der Waals surface area contributed by atoms with Gasteiger partial charge in [-0.25, -0.2) is 18.6 Å². The zero-order chi connectivity index (χ0) is 25.8. The molecule has 4 aromatic rings. The van der Waals surface area contributed by atoms with Crippen molar-refractivity contribution < 1.29 is 23.1 Å². The molecule has 2 aromatic heterocycles. The summed E-state index contributed by atoms with van der Waals surface area (Å²) in [4.78, 5) is 30.7. The van der Waals surface area contributed by atoms with Crippen molar-refractivity contribution in [3.63, 3.8) is 0 Å². The number of amides is 3. The maximum atomic E-state index is 13.5. The predicted octanol–water partition coefficient (Wildman–Crippen LogP) is 4.62. The maximum absolute atomic E-state index is 13.5. The van der Waals surface area contributed by atoms with E-state index >= 15 is 0 Å². The van der Waals surface area contributed by atoms with Crippen LogP contribution in [0.1, 0.15) is 28.8 Å². The summed E-state index contributed by atoms with van der Waals surface area (Å²) in [5.41, 5.74) is 2.51. The molecule has 1 saturated heterocycles. The lowest BCUT2D eigenvalue weighted by Gasteiger charge is -2.32. The second-order valence-electron chi connectivity index (χ2n) is 8.80. The normalized spacial score (nSPS) is 13.9. The van der Waals surface area contributed by atoms with E-state index in [9.17, 15) is 18.4 Å². The van der Waals surface area contributed by atoms with E-state index in [-0.39, 0.29) is 23.6 Å². The summed E-state index contributed by atoms with van der Waals surface area (Å²) in [6, 6.07) is 13.8. The third kappa shape index (κ3) is 5.85. The smallest absolute Gasteiger partial charge is 0.319 e. The molecular formula is C27H25F2N5O3. The average molecular weight is 506 g/mol. The minimum atomic E-state index is -1.04. The monoisotopic (exact) mass is 505 g/mol. The SMILES string of the molecule is O=C(NCc1ccn2ccnc2c1)Nc1ccc(OC2CCN(C(=O)c3ccc(F)c(F)c3)CC2)cc1. The number of likely N-dealkylation sites (tertiary alicyclic amines) is 1. The molecule has 10 heteroatoms. The maximum Gasteiger partial charge on any atom is 0.319 e. The number of aromatic nitrogens is 2. The van der Waals surface area contributed by atoms with Crippen molar-refractivity contribution in [2.24, 2.45) is 0 Å². The highest BCUT2D eigenvalue weighted by Crippen LogP contribution is 2.22. The molecule has 2 aromatic carbocycles. The van der Waals surface area contributed by atoms with Gasteiger partial charge >= 0.3 is 6.03 Å². The molecule has 0 aliphatic carbocycles. The molecule has 5 rings (SSSR count). The molecule has 8 nitrogen and oxygen atoms in total. The van der Waals surface area contributed by atoms with Crippen LogP contribution in [0.2, 0.25) is 0 Å².